The molecule has 2 aromatic carbocycles. The van der Waals surface area contributed by atoms with Gasteiger partial charge in [-0.15, -0.1) is 0 Å². The lowest BCUT2D eigenvalue weighted by molar-refractivity contribution is -0.139. The highest BCUT2D eigenvalue weighted by molar-refractivity contribution is 6.37. The van der Waals surface area contributed by atoms with E-state index in [0.29, 0.717) is 18.7 Å². The Balaban J connectivity index is 1.77. The van der Waals surface area contributed by atoms with E-state index in [2.05, 4.69) is 4.57 Å². The van der Waals surface area contributed by atoms with Crippen LogP contribution >= 0.6 is 0 Å². The van der Waals surface area contributed by atoms with Crippen molar-refractivity contribution < 1.29 is 24.2 Å². The molecule has 1 aliphatic carbocycles. The van der Waals surface area contributed by atoms with Gasteiger partial charge in [-0.1, -0.05) is 36.4 Å². The van der Waals surface area contributed by atoms with Gasteiger partial charge in [0.15, 0.2) is 6.61 Å². The molecule has 0 spiro atoms. The highest BCUT2D eigenvalue weighted by atomic mass is 16.5. The highest BCUT2D eigenvalue weighted by Crippen LogP contribution is 2.50. The van der Waals surface area contributed by atoms with Gasteiger partial charge in [-0.3, -0.25) is 9.59 Å². The first kappa shape index (κ1) is 18.7. The van der Waals surface area contributed by atoms with Crippen molar-refractivity contribution >= 4 is 28.6 Å². The predicted octanol–water partition coefficient (Wildman–Crippen LogP) is 2.31. The number of carboxylic acid groups (broad SMARTS) is 1. The van der Waals surface area contributed by atoms with Crippen LogP contribution in [0.15, 0.2) is 54.6 Å². The number of rotatable bonds is 8. The molecule has 1 saturated carbocycles. The summed E-state index contributed by atoms with van der Waals surface area (Å²) >= 11 is 0. The minimum atomic E-state index is -1.06. The molecule has 4 rings (SSSR count). The fraction of sp³-hybridized carbons (Fsp3) is 0.227. The number of ether oxygens (including phenoxy) is 1. The molecule has 2 atom stereocenters. The Bertz CT molecular complexity index is 1100. The predicted molar refractivity (Wildman–Crippen MR) is 106 cm³/mol. The zero-order valence-corrected chi connectivity index (χ0v) is 15.6. The van der Waals surface area contributed by atoms with Gasteiger partial charge in [0.25, 0.3) is 5.91 Å². The van der Waals surface area contributed by atoms with Crippen molar-refractivity contribution in [3.8, 4) is 5.75 Å². The van der Waals surface area contributed by atoms with Crippen molar-refractivity contribution in [1.29, 1.82) is 0 Å². The fourth-order valence-electron chi connectivity index (χ4n) is 3.79. The second kappa shape index (κ2) is 7.43. The molecule has 148 valence electrons. The van der Waals surface area contributed by atoms with Crippen LogP contribution in [0.5, 0.6) is 5.75 Å². The first-order valence-electron chi connectivity index (χ1n) is 9.30. The summed E-state index contributed by atoms with van der Waals surface area (Å²) in [5, 5.41) is 9.71. The molecular formula is C22H20N2O5. The minimum absolute atomic E-state index is 0.0987. The van der Waals surface area contributed by atoms with E-state index in [1.165, 1.54) is 0 Å². The summed E-state index contributed by atoms with van der Waals surface area (Å²) in [6, 6.07) is 17.3. The Morgan fingerprint density at radius 2 is 1.86 bits per heavy atom. The number of hydrogen-bond acceptors (Lipinski definition) is 4. The van der Waals surface area contributed by atoms with Crippen LogP contribution in [0.4, 0.5) is 0 Å². The molecule has 3 aromatic rings. The van der Waals surface area contributed by atoms with Crippen LogP contribution in [0, 0.1) is 5.92 Å². The zero-order chi connectivity index (χ0) is 20.5. The van der Waals surface area contributed by atoms with Crippen LogP contribution in [0.25, 0.3) is 10.9 Å². The maximum absolute atomic E-state index is 12.0. The second-order valence-electron chi connectivity index (χ2n) is 7.19. The normalized spacial score (nSPS) is 17.8. The lowest BCUT2D eigenvalue weighted by atomic mass is 10.1. The van der Waals surface area contributed by atoms with Gasteiger partial charge >= 0.3 is 5.97 Å². The topological polar surface area (TPSA) is 112 Å². The van der Waals surface area contributed by atoms with Gasteiger partial charge in [0.2, 0.25) is 5.78 Å². The van der Waals surface area contributed by atoms with E-state index in [1.54, 1.807) is 6.07 Å². The Hall–Kier alpha value is -3.61. The molecule has 1 aromatic heterocycles. The molecule has 7 heteroatoms. The number of benzene rings is 2. The second-order valence-corrected chi connectivity index (χ2v) is 7.19. The van der Waals surface area contributed by atoms with Gasteiger partial charge in [-0.2, -0.15) is 0 Å². The maximum atomic E-state index is 12.0. The van der Waals surface area contributed by atoms with Crippen molar-refractivity contribution in [1.82, 2.24) is 4.57 Å². The SMILES string of the molecule is NC(=O)C(=O)C1CC1c1cc2c(OCC(=O)O)cccc2n1Cc1ccccc1. The number of Topliss-reactive ketones (excluding diaryl/α,β-unsaturated/α-hetero) is 1. The number of ketones is 1. The number of aromatic nitrogens is 1. The smallest absolute Gasteiger partial charge is 0.341 e. The zero-order valence-electron chi connectivity index (χ0n) is 15.6. The van der Waals surface area contributed by atoms with Crippen molar-refractivity contribution in [2.24, 2.45) is 11.7 Å². The van der Waals surface area contributed by atoms with Crippen LogP contribution in [-0.4, -0.2) is 33.9 Å². The fourth-order valence-corrected chi connectivity index (χ4v) is 3.79. The number of carbonyl (C=O) groups excluding carboxylic acids is 2. The molecule has 2 unspecified atom stereocenters. The summed E-state index contributed by atoms with van der Waals surface area (Å²) < 4.78 is 7.55. The Labute approximate surface area is 166 Å². The molecule has 0 bridgehead atoms. The van der Waals surface area contributed by atoms with E-state index in [-0.39, 0.29) is 5.92 Å². The van der Waals surface area contributed by atoms with E-state index in [1.807, 2.05) is 48.5 Å². The van der Waals surface area contributed by atoms with Gasteiger partial charge in [0, 0.05) is 29.5 Å². The molecule has 0 aliphatic heterocycles. The summed E-state index contributed by atoms with van der Waals surface area (Å²) in [7, 11) is 0. The first-order chi connectivity index (χ1) is 14.0. The number of carbonyl (C=O) groups is 3. The average molecular weight is 392 g/mol. The number of aliphatic carboxylic acids is 1. The maximum Gasteiger partial charge on any atom is 0.341 e. The molecule has 1 amide bonds. The molecule has 3 N–H and O–H groups in total. The van der Waals surface area contributed by atoms with Crippen molar-refractivity contribution in [3.05, 3.63) is 65.9 Å². The van der Waals surface area contributed by atoms with Crippen LogP contribution in [0.2, 0.25) is 0 Å². The van der Waals surface area contributed by atoms with Crippen LogP contribution < -0.4 is 10.5 Å². The molecule has 7 nitrogen and oxygen atoms in total. The van der Waals surface area contributed by atoms with Gasteiger partial charge < -0.3 is 20.1 Å². The molecule has 1 heterocycles. The number of amides is 1. The molecule has 0 saturated heterocycles. The van der Waals surface area contributed by atoms with E-state index in [9.17, 15) is 14.4 Å². The van der Waals surface area contributed by atoms with Crippen LogP contribution in [0.3, 0.4) is 0 Å². The molecule has 0 radical (unpaired) electrons. The van der Waals surface area contributed by atoms with Gasteiger partial charge in [-0.25, -0.2) is 4.79 Å². The van der Waals surface area contributed by atoms with E-state index in [0.717, 1.165) is 22.2 Å². The van der Waals surface area contributed by atoms with Crippen LogP contribution in [0.1, 0.15) is 23.6 Å². The lowest BCUT2D eigenvalue weighted by Gasteiger charge is -2.11. The van der Waals surface area contributed by atoms with E-state index in [4.69, 9.17) is 15.6 Å². The number of nitrogens with zero attached hydrogens (tertiary/aromatic N) is 1. The number of primary amides is 1. The van der Waals surface area contributed by atoms with Gasteiger partial charge in [-0.05, 0) is 30.2 Å². The van der Waals surface area contributed by atoms with Gasteiger partial charge in [0.1, 0.15) is 5.75 Å². The van der Waals surface area contributed by atoms with E-state index < -0.39 is 30.2 Å². The third kappa shape index (κ3) is 3.71. The largest absolute Gasteiger partial charge is 0.481 e. The molecule has 1 aliphatic rings. The van der Waals surface area contributed by atoms with Crippen molar-refractivity contribution in [2.75, 3.05) is 6.61 Å². The van der Waals surface area contributed by atoms with Crippen molar-refractivity contribution in [3.63, 3.8) is 0 Å². The Kier molecular flexibility index (Phi) is 4.80. The summed E-state index contributed by atoms with van der Waals surface area (Å²) in [6.07, 6.45) is 0.568. The number of fused-ring (bicyclic) bond motifs is 1. The van der Waals surface area contributed by atoms with Crippen molar-refractivity contribution in [2.45, 2.75) is 18.9 Å². The molecular weight excluding hydrogens is 372 g/mol. The lowest BCUT2D eigenvalue weighted by Crippen LogP contribution is -2.25. The molecule has 1 fully saturated rings. The molecule has 29 heavy (non-hydrogen) atoms. The summed E-state index contributed by atoms with van der Waals surface area (Å²) in [5.41, 5.74) is 8.05. The summed E-state index contributed by atoms with van der Waals surface area (Å²) in [5.74, 6) is -2.55. The van der Waals surface area contributed by atoms with Gasteiger partial charge in [0.05, 0.1) is 5.52 Å². The Morgan fingerprint density at radius 3 is 2.55 bits per heavy atom. The third-order valence-electron chi connectivity index (χ3n) is 5.22. The minimum Gasteiger partial charge on any atom is -0.481 e. The van der Waals surface area contributed by atoms with Crippen LogP contribution in [-0.2, 0) is 20.9 Å². The highest BCUT2D eigenvalue weighted by Gasteiger charge is 2.47. The standard InChI is InChI=1S/C22H20N2O5/c23-22(28)21(27)15-9-14(15)18-10-16-17(7-4-8-19(16)29-12-20(25)26)24(18)11-13-5-2-1-3-6-13/h1-8,10,14-15H,9,11-12H2,(H2,23,28)(H,25,26). The number of carboxylic acids is 1. The average Bonchev–Trinajstić information content (AvgIpc) is 3.42. The summed E-state index contributed by atoms with van der Waals surface area (Å²) in [4.78, 5) is 34.3. The Morgan fingerprint density at radius 1 is 1.10 bits per heavy atom. The quantitative estimate of drug-likeness (QED) is 0.572. The van der Waals surface area contributed by atoms with E-state index >= 15 is 0 Å². The first-order valence-corrected chi connectivity index (χ1v) is 9.30. The summed E-state index contributed by atoms with van der Waals surface area (Å²) in [6.45, 7) is 0.139. The number of hydrogen-bond donors (Lipinski definition) is 2. The third-order valence-corrected chi connectivity index (χ3v) is 5.22. The monoisotopic (exact) mass is 392 g/mol. The number of nitrogens with two attached hydrogens (primary N) is 1.